The third kappa shape index (κ3) is 16.1. The molecule has 0 rings (SSSR count). The second-order valence-corrected chi connectivity index (χ2v) is 9.67. The van der Waals surface area contributed by atoms with Crippen molar-refractivity contribution in [2.45, 2.75) is 91.1 Å². The summed E-state index contributed by atoms with van der Waals surface area (Å²) in [7, 11) is -1.89. The van der Waals surface area contributed by atoms with E-state index in [2.05, 4.69) is 39.1 Å². The molecule has 0 aromatic carbocycles. The number of allylic oxidation sites excluding steroid dienone is 1. The molecule has 0 saturated carbocycles. The number of hydrogen-bond acceptors (Lipinski definition) is 2. The summed E-state index contributed by atoms with van der Waals surface area (Å²) in [6.45, 7) is 10.3. The zero-order chi connectivity index (χ0) is 15.8. The summed E-state index contributed by atoms with van der Waals surface area (Å²) in [6, 6.07) is 0. The van der Waals surface area contributed by atoms with E-state index in [4.69, 9.17) is 8.85 Å². The van der Waals surface area contributed by atoms with Gasteiger partial charge in [0.15, 0.2) is 0 Å². The van der Waals surface area contributed by atoms with Gasteiger partial charge in [-0.05, 0) is 32.4 Å². The molecule has 0 N–H and O–H groups in total. The first-order valence-electron chi connectivity index (χ1n) is 9.05. The number of rotatable bonds is 15. The second kappa shape index (κ2) is 14.8. The van der Waals surface area contributed by atoms with E-state index in [1.54, 1.807) is 0 Å². The highest BCUT2D eigenvalue weighted by Crippen LogP contribution is 2.09. The number of unbranched alkanes of at least 4 members (excludes halogenated alkanes) is 8. The average Bonchev–Trinajstić information content (AvgIpc) is 2.45. The van der Waals surface area contributed by atoms with Gasteiger partial charge in [-0.15, -0.1) is 0 Å². The van der Waals surface area contributed by atoms with E-state index in [9.17, 15) is 0 Å². The molecule has 0 aromatic rings. The van der Waals surface area contributed by atoms with Gasteiger partial charge in [-0.1, -0.05) is 70.9 Å². The zero-order valence-corrected chi connectivity index (χ0v) is 16.0. The molecule has 0 spiro atoms. The molecule has 0 aliphatic rings. The fraction of sp³-hybridized carbons (Fsp3) is 0.889. The Kier molecular flexibility index (Phi) is 14.7. The normalized spacial score (nSPS) is 12.4. The van der Waals surface area contributed by atoms with Crippen LogP contribution in [0.15, 0.2) is 12.2 Å². The molecule has 0 aliphatic carbocycles. The highest BCUT2D eigenvalue weighted by Gasteiger charge is 2.23. The third-order valence-corrected chi connectivity index (χ3v) is 5.38. The minimum atomic E-state index is -1.89. The molecule has 126 valence electrons. The predicted molar refractivity (Wildman–Crippen MR) is 96.0 cm³/mol. The maximum absolute atomic E-state index is 5.90. The first-order valence-corrected chi connectivity index (χ1v) is 11.9. The van der Waals surface area contributed by atoms with E-state index in [-0.39, 0.29) is 0 Å². The van der Waals surface area contributed by atoms with Crippen molar-refractivity contribution < 1.29 is 8.85 Å². The Morgan fingerprint density at radius 3 is 2.05 bits per heavy atom. The standard InChI is InChI=1S/C18H38O2Si/c1-5-7-9-10-11-12-13-14-16-18-20-21(3,4)19-17-15-8-6-2/h14,16H,5-13,15,17-18H2,1-4H3/b16-14+. The van der Waals surface area contributed by atoms with Gasteiger partial charge in [-0.25, -0.2) is 0 Å². The SMILES string of the molecule is CCCCCCCC/C=C/CO[Si](C)(C)OCCCCC. The summed E-state index contributed by atoms with van der Waals surface area (Å²) in [4.78, 5) is 0. The van der Waals surface area contributed by atoms with Crippen molar-refractivity contribution in [3.05, 3.63) is 12.2 Å². The summed E-state index contributed by atoms with van der Waals surface area (Å²) in [5.74, 6) is 0. The first-order chi connectivity index (χ1) is 10.1. The van der Waals surface area contributed by atoms with Gasteiger partial charge in [0.2, 0.25) is 0 Å². The Morgan fingerprint density at radius 1 is 0.714 bits per heavy atom. The molecular weight excluding hydrogens is 276 g/mol. The molecule has 0 aromatic heterocycles. The van der Waals surface area contributed by atoms with Gasteiger partial charge in [-0.2, -0.15) is 0 Å². The zero-order valence-electron chi connectivity index (χ0n) is 15.0. The molecule has 0 radical (unpaired) electrons. The summed E-state index contributed by atoms with van der Waals surface area (Å²) in [5, 5.41) is 0. The molecule has 0 amide bonds. The summed E-state index contributed by atoms with van der Waals surface area (Å²) in [5.41, 5.74) is 0. The van der Waals surface area contributed by atoms with Gasteiger partial charge >= 0.3 is 8.56 Å². The molecule has 0 saturated heterocycles. The van der Waals surface area contributed by atoms with E-state index < -0.39 is 8.56 Å². The van der Waals surface area contributed by atoms with Crippen LogP contribution < -0.4 is 0 Å². The molecule has 21 heavy (non-hydrogen) atoms. The van der Waals surface area contributed by atoms with Gasteiger partial charge in [0, 0.05) is 6.61 Å². The highest BCUT2D eigenvalue weighted by atomic mass is 28.4. The van der Waals surface area contributed by atoms with E-state index in [0.29, 0.717) is 6.61 Å². The van der Waals surface area contributed by atoms with E-state index in [0.717, 1.165) is 13.0 Å². The highest BCUT2D eigenvalue weighted by molar-refractivity contribution is 6.64. The average molecular weight is 315 g/mol. The van der Waals surface area contributed by atoms with Crippen LogP contribution >= 0.6 is 0 Å². The fourth-order valence-corrected chi connectivity index (χ4v) is 3.41. The first kappa shape index (κ1) is 20.9. The monoisotopic (exact) mass is 314 g/mol. The molecule has 0 unspecified atom stereocenters. The van der Waals surface area contributed by atoms with Crippen LogP contribution in [-0.2, 0) is 8.85 Å². The van der Waals surface area contributed by atoms with Crippen molar-refractivity contribution in [1.82, 2.24) is 0 Å². The minimum absolute atomic E-state index is 0.711. The summed E-state index contributed by atoms with van der Waals surface area (Å²) >= 11 is 0. The van der Waals surface area contributed by atoms with Crippen LogP contribution in [-0.4, -0.2) is 21.8 Å². The quantitative estimate of drug-likeness (QED) is 0.203. The predicted octanol–water partition coefficient (Wildman–Crippen LogP) is 6.22. The molecule has 0 fully saturated rings. The Hall–Kier alpha value is -0.123. The molecular formula is C18H38O2Si. The Bertz CT molecular complexity index is 239. The van der Waals surface area contributed by atoms with Crippen molar-refractivity contribution >= 4 is 8.56 Å². The molecule has 0 atom stereocenters. The molecule has 0 aliphatic heterocycles. The lowest BCUT2D eigenvalue weighted by Gasteiger charge is -2.22. The third-order valence-electron chi connectivity index (χ3n) is 3.62. The molecule has 0 heterocycles. The smallest absolute Gasteiger partial charge is 0.331 e. The number of hydrogen-bond donors (Lipinski definition) is 0. The topological polar surface area (TPSA) is 18.5 Å². The lowest BCUT2D eigenvalue weighted by molar-refractivity contribution is 0.191. The van der Waals surface area contributed by atoms with E-state index in [1.807, 2.05) is 0 Å². The summed E-state index contributed by atoms with van der Waals surface area (Å²) in [6.07, 6.45) is 17.5. The molecule has 0 bridgehead atoms. The van der Waals surface area contributed by atoms with E-state index >= 15 is 0 Å². The van der Waals surface area contributed by atoms with Crippen molar-refractivity contribution in [3.63, 3.8) is 0 Å². The van der Waals surface area contributed by atoms with Gasteiger partial charge in [0.25, 0.3) is 0 Å². The molecule has 3 heteroatoms. The van der Waals surface area contributed by atoms with Gasteiger partial charge in [0.1, 0.15) is 0 Å². The maximum atomic E-state index is 5.90. The van der Waals surface area contributed by atoms with Crippen molar-refractivity contribution in [2.24, 2.45) is 0 Å². The van der Waals surface area contributed by atoms with Gasteiger partial charge in [0.05, 0.1) is 6.61 Å². The van der Waals surface area contributed by atoms with Crippen LogP contribution in [0.5, 0.6) is 0 Å². The van der Waals surface area contributed by atoms with Crippen molar-refractivity contribution in [1.29, 1.82) is 0 Å². The lowest BCUT2D eigenvalue weighted by Crippen LogP contribution is -2.35. The molecule has 2 nitrogen and oxygen atoms in total. The van der Waals surface area contributed by atoms with Crippen LogP contribution in [0.3, 0.4) is 0 Å². The summed E-state index contributed by atoms with van der Waals surface area (Å²) < 4.78 is 11.8. The Labute approximate surface area is 134 Å². The van der Waals surface area contributed by atoms with Gasteiger partial charge in [-0.3, -0.25) is 0 Å². The Morgan fingerprint density at radius 2 is 1.33 bits per heavy atom. The Balaban J connectivity index is 3.43. The van der Waals surface area contributed by atoms with E-state index in [1.165, 1.54) is 57.8 Å². The van der Waals surface area contributed by atoms with Crippen LogP contribution in [0.1, 0.15) is 78.1 Å². The second-order valence-electron chi connectivity index (χ2n) is 6.29. The van der Waals surface area contributed by atoms with Crippen LogP contribution in [0.25, 0.3) is 0 Å². The van der Waals surface area contributed by atoms with Crippen molar-refractivity contribution in [2.75, 3.05) is 13.2 Å². The van der Waals surface area contributed by atoms with Crippen molar-refractivity contribution in [3.8, 4) is 0 Å². The van der Waals surface area contributed by atoms with Crippen LogP contribution in [0.2, 0.25) is 13.1 Å². The lowest BCUT2D eigenvalue weighted by atomic mass is 10.1. The largest absolute Gasteiger partial charge is 0.395 e. The van der Waals surface area contributed by atoms with Crippen LogP contribution in [0, 0.1) is 0 Å². The minimum Gasteiger partial charge on any atom is -0.395 e. The maximum Gasteiger partial charge on any atom is 0.331 e. The van der Waals surface area contributed by atoms with Gasteiger partial charge < -0.3 is 8.85 Å². The fourth-order valence-electron chi connectivity index (χ4n) is 2.19. The van der Waals surface area contributed by atoms with Crippen LogP contribution in [0.4, 0.5) is 0 Å².